The Hall–Kier alpha value is -2.44. The average Bonchev–Trinajstić information content (AvgIpc) is 2.61. The Bertz CT molecular complexity index is 803. The summed E-state index contributed by atoms with van der Waals surface area (Å²) in [5.41, 5.74) is 0.433. The molecular formula is C19H23N3O3. The molecule has 6 nitrogen and oxygen atoms in total. The van der Waals surface area contributed by atoms with Crippen LogP contribution in [0.2, 0.25) is 0 Å². The van der Waals surface area contributed by atoms with Gasteiger partial charge in [0.25, 0.3) is 5.91 Å². The number of benzene rings is 1. The number of hydrogen-bond acceptors (Lipinski definition) is 4. The lowest BCUT2D eigenvalue weighted by atomic mass is 9.77. The summed E-state index contributed by atoms with van der Waals surface area (Å²) >= 11 is 0. The van der Waals surface area contributed by atoms with Crippen LogP contribution >= 0.6 is 0 Å². The summed E-state index contributed by atoms with van der Waals surface area (Å²) in [4.78, 5) is 30.3. The summed E-state index contributed by atoms with van der Waals surface area (Å²) in [5.74, 6) is -0.267. The van der Waals surface area contributed by atoms with Crippen LogP contribution in [-0.2, 0) is 5.54 Å². The van der Waals surface area contributed by atoms with Crippen LogP contribution < -0.4 is 5.56 Å². The van der Waals surface area contributed by atoms with Gasteiger partial charge in [0.2, 0.25) is 5.56 Å². The van der Waals surface area contributed by atoms with E-state index in [0.717, 1.165) is 5.56 Å². The van der Waals surface area contributed by atoms with Crippen molar-refractivity contribution >= 4 is 5.91 Å². The molecular weight excluding hydrogens is 318 g/mol. The molecule has 2 N–H and O–H groups in total. The second-order valence-corrected chi connectivity index (χ2v) is 6.63. The van der Waals surface area contributed by atoms with E-state index in [0.29, 0.717) is 13.0 Å². The van der Waals surface area contributed by atoms with E-state index in [1.165, 1.54) is 6.07 Å². The Balaban J connectivity index is 1.86. The van der Waals surface area contributed by atoms with Gasteiger partial charge in [0.1, 0.15) is 5.69 Å². The Morgan fingerprint density at radius 1 is 1.20 bits per heavy atom. The van der Waals surface area contributed by atoms with Gasteiger partial charge in [-0.05, 0) is 32.1 Å². The van der Waals surface area contributed by atoms with Gasteiger partial charge in [0, 0.05) is 19.2 Å². The van der Waals surface area contributed by atoms with E-state index in [1.807, 2.05) is 49.3 Å². The van der Waals surface area contributed by atoms with E-state index < -0.39 is 11.6 Å². The molecule has 6 heteroatoms. The van der Waals surface area contributed by atoms with Gasteiger partial charge < -0.3 is 15.0 Å². The van der Waals surface area contributed by atoms with Crippen molar-refractivity contribution in [2.45, 2.75) is 18.1 Å². The maximum Gasteiger partial charge on any atom is 0.270 e. The van der Waals surface area contributed by atoms with Crippen molar-refractivity contribution in [2.24, 2.45) is 0 Å². The van der Waals surface area contributed by atoms with Crippen LogP contribution in [0.5, 0.6) is 0 Å². The van der Waals surface area contributed by atoms with Gasteiger partial charge in [0.15, 0.2) is 0 Å². The molecule has 2 aromatic rings. The first-order chi connectivity index (χ1) is 11.9. The lowest BCUT2D eigenvalue weighted by Gasteiger charge is -2.49. The number of amides is 1. The number of rotatable bonds is 3. The zero-order valence-electron chi connectivity index (χ0n) is 14.5. The highest BCUT2D eigenvalue weighted by atomic mass is 16.3. The number of β-amino-alcohol motifs (C(OH)–C–C–N with tert-alkyl or cyclic N) is 1. The van der Waals surface area contributed by atoms with E-state index in [-0.39, 0.29) is 23.7 Å². The van der Waals surface area contributed by atoms with Crippen LogP contribution in [0.4, 0.5) is 0 Å². The minimum atomic E-state index is -0.738. The van der Waals surface area contributed by atoms with Crippen molar-refractivity contribution in [3.63, 3.8) is 0 Å². The van der Waals surface area contributed by atoms with Crippen molar-refractivity contribution in [3.8, 4) is 0 Å². The van der Waals surface area contributed by atoms with Crippen LogP contribution in [0.1, 0.15) is 22.5 Å². The van der Waals surface area contributed by atoms with Gasteiger partial charge in [-0.15, -0.1) is 0 Å². The molecule has 0 radical (unpaired) electrons. The van der Waals surface area contributed by atoms with Crippen LogP contribution in [0.3, 0.4) is 0 Å². The number of pyridine rings is 1. The molecule has 0 spiro atoms. The van der Waals surface area contributed by atoms with Crippen LogP contribution in [0, 0.1) is 0 Å². The summed E-state index contributed by atoms with van der Waals surface area (Å²) in [6.45, 7) is 0.711. The highest BCUT2D eigenvalue weighted by Crippen LogP contribution is 2.37. The fourth-order valence-electron chi connectivity index (χ4n) is 3.69. The number of aliphatic hydroxyl groups is 1. The average molecular weight is 341 g/mol. The number of aliphatic hydroxyl groups excluding tert-OH is 1. The number of hydrogen-bond donors (Lipinski definition) is 2. The van der Waals surface area contributed by atoms with Gasteiger partial charge in [0.05, 0.1) is 11.6 Å². The fourth-order valence-corrected chi connectivity index (χ4v) is 3.69. The highest BCUT2D eigenvalue weighted by Gasteiger charge is 2.46. The number of carbonyl (C=O) groups is 1. The van der Waals surface area contributed by atoms with Crippen LogP contribution in [0.15, 0.2) is 53.3 Å². The molecule has 1 fully saturated rings. The first kappa shape index (κ1) is 17.4. The molecule has 25 heavy (non-hydrogen) atoms. The first-order valence-corrected chi connectivity index (χ1v) is 8.35. The first-order valence-electron chi connectivity index (χ1n) is 8.35. The molecule has 132 valence electrons. The quantitative estimate of drug-likeness (QED) is 0.875. The predicted molar refractivity (Wildman–Crippen MR) is 95.4 cm³/mol. The van der Waals surface area contributed by atoms with Crippen LogP contribution in [0.25, 0.3) is 0 Å². The number of carbonyl (C=O) groups excluding carboxylic acids is 1. The molecule has 0 bridgehead atoms. The molecule has 1 saturated heterocycles. The molecule has 1 aliphatic heterocycles. The van der Waals surface area contributed by atoms with Gasteiger partial charge in [-0.1, -0.05) is 36.4 Å². The highest BCUT2D eigenvalue weighted by molar-refractivity contribution is 5.92. The third-order valence-electron chi connectivity index (χ3n) is 5.07. The zero-order valence-corrected chi connectivity index (χ0v) is 14.5. The van der Waals surface area contributed by atoms with E-state index in [9.17, 15) is 14.7 Å². The predicted octanol–water partition coefficient (Wildman–Crippen LogP) is 1.04. The largest absolute Gasteiger partial charge is 0.389 e. The number of nitrogens with zero attached hydrogens (tertiary/aromatic N) is 2. The molecule has 2 atom stereocenters. The standard InChI is InChI=1S/C19H23N3O3/c1-21(2)19(14-7-4-3-5-8-14)11-12-22(13-16(19)23)18(25)15-9-6-10-17(24)20-15/h3-10,16,23H,11-13H2,1-2H3,(H,20,24)/t16-,19+/m1/s1. The number of H-pyrrole nitrogens is 1. The number of nitrogens with one attached hydrogen (secondary N) is 1. The van der Waals surface area contributed by atoms with E-state index >= 15 is 0 Å². The van der Waals surface area contributed by atoms with Crippen LogP contribution in [-0.4, -0.2) is 59.1 Å². The number of likely N-dealkylation sites (tertiary alicyclic amines) is 1. The summed E-state index contributed by atoms with van der Waals surface area (Å²) in [6.07, 6.45) is -0.133. The molecule has 1 aliphatic rings. The third kappa shape index (κ3) is 3.10. The minimum Gasteiger partial charge on any atom is -0.389 e. The monoisotopic (exact) mass is 341 g/mol. The number of piperidine rings is 1. The van der Waals surface area contributed by atoms with Crippen molar-refractivity contribution in [2.75, 3.05) is 27.2 Å². The van der Waals surface area contributed by atoms with Crippen molar-refractivity contribution in [1.29, 1.82) is 0 Å². The molecule has 1 aromatic heterocycles. The van der Waals surface area contributed by atoms with Gasteiger partial charge in [-0.2, -0.15) is 0 Å². The lowest BCUT2D eigenvalue weighted by Crippen LogP contribution is -2.61. The summed E-state index contributed by atoms with van der Waals surface area (Å²) in [7, 11) is 3.89. The normalized spacial score (nSPS) is 23.7. The maximum atomic E-state index is 12.6. The Morgan fingerprint density at radius 2 is 1.92 bits per heavy atom. The summed E-state index contributed by atoms with van der Waals surface area (Å²) in [6, 6.07) is 14.4. The second kappa shape index (κ2) is 6.82. The van der Waals surface area contributed by atoms with Gasteiger partial charge in [-0.3, -0.25) is 14.5 Å². The van der Waals surface area contributed by atoms with Crippen molar-refractivity contribution < 1.29 is 9.90 Å². The maximum absolute atomic E-state index is 12.6. The van der Waals surface area contributed by atoms with Gasteiger partial charge in [-0.25, -0.2) is 0 Å². The van der Waals surface area contributed by atoms with E-state index in [2.05, 4.69) is 4.98 Å². The number of likely N-dealkylation sites (N-methyl/N-ethyl adjacent to an activating group) is 1. The number of aromatic amines is 1. The molecule has 0 unspecified atom stereocenters. The molecule has 1 aromatic carbocycles. The molecule has 2 heterocycles. The van der Waals surface area contributed by atoms with E-state index in [1.54, 1.807) is 17.0 Å². The SMILES string of the molecule is CN(C)[C@]1(c2ccccc2)CCN(C(=O)c2cccc(=O)[nH]2)C[C@H]1O. The molecule has 0 aliphatic carbocycles. The Morgan fingerprint density at radius 3 is 2.52 bits per heavy atom. The fraction of sp³-hybridized carbons (Fsp3) is 0.368. The minimum absolute atomic E-state index is 0.211. The lowest BCUT2D eigenvalue weighted by molar-refractivity contribution is -0.0613. The summed E-state index contributed by atoms with van der Waals surface area (Å²) in [5, 5.41) is 11.0. The van der Waals surface area contributed by atoms with Crippen molar-refractivity contribution in [3.05, 3.63) is 70.1 Å². The molecule has 1 amide bonds. The van der Waals surface area contributed by atoms with E-state index in [4.69, 9.17) is 0 Å². The smallest absolute Gasteiger partial charge is 0.270 e. The number of aromatic nitrogens is 1. The van der Waals surface area contributed by atoms with Gasteiger partial charge >= 0.3 is 0 Å². The zero-order chi connectivity index (χ0) is 18.0. The molecule has 0 saturated carbocycles. The summed E-state index contributed by atoms with van der Waals surface area (Å²) < 4.78 is 0. The third-order valence-corrected chi connectivity index (χ3v) is 5.07. The second-order valence-electron chi connectivity index (χ2n) is 6.63. The Kier molecular flexibility index (Phi) is 4.74. The van der Waals surface area contributed by atoms with Crippen molar-refractivity contribution in [1.82, 2.24) is 14.8 Å². The Labute approximate surface area is 146 Å². The molecule has 3 rings (SSSR count). The topological polar surface area (TPSA) is 76.6 Å².